The molecule has 1 aromatic carbocycles. The molecule has 0 aliphatic heterocycles. The summed E-state index contributed by atoms with van der Waals surface area (Å²) in [5.74, 6) is 0.565. The summed E-state index contributed by atoms with van der Waals surface area (Å²) in [6.45, 7) is 3.10. The number of hydrogen-bond acceptors (Lipinski definition) is 2. The van der Waals surface area contributed by atoms with E-state index in [2.05, 4.69) is 21.8 Å². The van der Waals surface area contributed by atoms with Gasteiger partial charge in [-0.1, -0.05) is 13.3 Å². The Labute approximate surface area is 100 Å². The highest BCUT2D eigenvalue weighted by molar-refractivity contribution is 5.53. The van der Waals surface area contributed by atoms with Gasteiger partial charge in [-0.15, -0.1) is 0 Å². The predicted molar refractivity (Wildman–Crippen MR) is 66.8 cm³/mol. The van der Waals surface area contributed by atoms with E-state index in [9.17, 15) is 4.39 Å². The van der Waals surface area contributed by atoms with Crippen LogP contribution in [0.1, 0.15) is 19.8 Å². The smallest absolute Gasteiger partial charge is 0.207 e. The normalized spacial score (nSPS) is 10.5. The van der Waals surface area contributed by atoms with Gasteiger partial charge in [0.05, 0.1) is 0 Å². The summed E-state index contributed by atoms with van der Waals surface area (Å²) in [6, 6.07) is 6.27. The molecule has 0 saturated carbocycles. The van der Waals surface area contributed by atoms with Crippen LogP contribution in [-0.2, 0) is 6.54 Å². The summed E-state index contributed by atoms with van der Waals surface area (Å²) in [4.78, 5) is 4.24. The quantitative estimate of drug-likeness (QED) is 0.855. The van der Waals surface area contributed by atoms with Crippen LogP contribution in [0.25, 0.3) is 0 Å². The van der Waals surface area contributed by atoms with Gasteiger partial charge in [0.25, 0.3) is 0 Å². The first-order valence-electron chi connectivity index (χ1n) is 5.83. The van der Waals surface area contributed by atoms with E-state index in [1.54, 1.807) is 18.3 Å². The van der Waals surface area contributed by atoms with Crippen LogP contribution < -0.4 is 5.32 Å². The summed E-state index contributed by atoms with van der Waals surface area (Å²) in [5, 5.41) is 3.17. The molecular formula is C13H16FN3. The average molecular weight is 233 g/mol. The highest BCUT2D eigenvalue weighted by atomic mass is 19.1. The monoisotopic (exact) mass is 233 g/mol. The lowest BCUT2D eigenvalue weighted by molar-refractivity contribution is 0.627. The second kappa shape index (κ2) is 5.48. The number of imidazole rings is 1. The number of aryl methyl sites for hydroxylation is 1. The zero-order valence-corrected chi connectivity index (χ0v) is 9.86. The predicted octanol–water partition coefficient (Wildman–Crippen LogP) is 3.57. The molecule has 1 heterocycles. The minimum Gasteiger partial charge on any atom is -0.326 e. The fourth-order valence-corrected chi connectivity index (χ4v) is 1.60. The van der Waals surface area contributed by atoms with Crippen LogP contribution in [0.5, 0.6) is 0 Å². The first-order valence-corrected chi connectivity index (χ1v) is 5.83. The molecule has 4 heteroatoms. The van der Waals surface area contributed by atoms with E-state index in [-0.39, 0.29) is 5.82 Å². The fourth-order valence-electron chi connectivity index (χ4n) is 1.60. The van der Waals surface area contributed by atoms with Gasteiger partial charge in [-0.25, -0.2) is 9.37 Å². The molecule has 0 spiro atoms. The summed E-state index contributed by atoms with van der Waals surface area (Å²) in [7, 11) is 0. The van der Waals surface area contributed by atoms with Gasteiger partial charge < -0.3 is 9.88 Å². The standard InChI is InChI=1S/C13H16FN3/c1-2-3-9-17-10-8-15-13(17)16-12-6-4-11(14)5-7-12/h4-8,10H,2-3,9H2,1H3,(H,15,16). The molecule has 0 aliphatic rings. The van der Waals surface area contributed by atoms with E-state index in [1.807, 2.05) is 6.20 Å². The van der Waals surface area contributed by atoms with Gasteiger partial charge in [-0.3, -0.25) is 0 Å². The SMILES string of the molecule is CCCCn1ccnc1Nc1ccc(F)cc1. The first-order chi connectivity index (χ1) is 8.29. The molecule has 2 aromatic rings. The topological polar surface area (TPSA) is 29.9 Å². The number of unbranched alkanes of at least 4 members (excludes halogenated alkanes) is 1. The van der Waals surface area contributed by atoms with Gasteiger partial charge in [-0.2, -0.15) is 0 Å². The first kappa shape index (κ1) is 11.6. The fraction of sp³-hybridized carbons (Fsp3) is 0.308. The highest BCUT2D eigenvalue weighted by Crippen LogP contribution is 2.15. The van der Waals surface area contributed by atoms with E-state index >= 15 is 0 Å². The molecule has 3 nitrogen and oxygen atoms in total. The maximum absolute atomic E-state index is 12.8. The van der Waals surface area contributed by atoms with Gasteiger partial charge >= 0.3 is 0 Å². The zero-order chi connectivity index (χ0) is 12.1. The Morgan fingerprint density at radius 1 is 1.29 bits per heavy atom. The van der Waals surface area contributed by atoms with Gasteiger partial charge in [0.2, 0.25) is 5.95 Å². The van der Waals surface area contributed by atoms with E-state index in [0.717, 1.165) is 31.0 Å². The molecule has 0 unspecified atom stereocenters. The Hall–Kier alpha value is -1.84. The van der Waals surface area contributed by atoms with Crippen molar-refractivity contribution in [2.45, 2.75) is 26.3 Å². The number of anilines is 2. The summed E-state index contributed by atoms with van der Waals surface area (Å²) < 4.78 is 14.8. The molecule has 0 bridgehead atoms. The van der Waals surface area contributed by atoms with E-state index in [1.165, 1.54) is 12.1 Å². The second-order valence-corrected chi connectivity index (χ2v) is 3.93. The van der Waals surface area contributed by atoms with Crippen LogP contribution in [0, 0.1) is 5.82 Å². The Balaban J connectivity index is 2.07. The van der Waals surface area contributed by atoms with Gasteiger partial charge in [0.1, 0.15) is 5.82 Å². The summed E-state index contributed by atoms with van der Waals surface area (Å²) >= 11 is 0. The average Bonchev–Trinajstić information content (AvgIpc) is 2.77. The Morgan fingerprint density at radius 2 is 2.06 bits per heavy atom. The molecule has 17 heavy (non-hydrogen) atoms. The molecule has 0 atom stereocenters. The zero-order valence-electron chi connectivity index (χ0n) is 9.86. The van der Waals surface area contributed by atoms with Crippen LogP contribution in [0.4, 0.5) is 16.0 Å². The summed E-state index contributed by atoms with van der Waals surface area (Å²) in [5.41, 5.74) is 0.843. The molecule has 0 aliphatic carbocycles. The van der Waals surface area contributed by atoms with Crippen molar-refractivity contribution in [3.63, 3.8) is 0 Å². The van der Waals surface area contributed by atoms with Crippen molar-refractivity contribution in [1.29, 1.82) is 0 Å². The van der Waals surface area contributed by atoms with Crippen LogP contribution >= 0.6 is 0 Å². The molecule has 0 amide bonds. The lowest BCUT2D eigenvalue weighted by Crippen LogP contribution is -2.03. The van der Waals surface area contributed by atoms with E-state index in [0.29, 0.717) is 0 Å². The van der Waals surface area contributed by atoms with Crippen LogP contribution in [-0.4, -0.2) is 9.55 Å². The van der Waals surface area contributed by atoms with Crippen molar-refractivity contribution >= 4 is 11.6 Å². The van der Waals surface area contributed by atoms with E-state index < -0.39 is 0 Å². The third-order valence-electron chi connectivity index (χ3n) is 2.57. The number of aromatic nitrogens is 2. The van der Waals surface area contributed by atoms with Gasteiger partial charge in [0, 0.05) is 24.6 Å². The lowest BCUT2D eigenvalue weighted by atomic mass is 10.3. The number of halogens is 1. The Bertz CT molecular complexity index is 462. The van der Waals surface area contributed by atoms with Crippen LogP contribution in [0.2, 0.25) is 0 Å². The number of hydrogen-bond donors (Lipinski definition) is 1. The third-order valence-corrected chi connectivity index (χ3v) is 2.57. The highest BCUT2D eigenvalue weighted by Gasteiger charge is 2.02. The minimum atomic E-state index is -0.232. The molecule has 0 fully saturated rings. The molecular weight excluding hydrogens is 217 g/mol. The molecule has 90 valence electrons. The van der Waals surface area contributed by atoms with Crippen molar-refractivity contribution in [2.24, 2.45) is 0 Å². The molecule has 1 aromatic heterocycles. The molecule has 0 saturated heterocycles. The van der Waals surface area contributed by atoms with Crippen LogP contribution in [0.15, 0.2) is 36.7 Å². The maximum atomic E-state index is 12.8. The van der Waals surface area contributed by atoms with Crippen molar-refractivity contribution in [1.82, 2.24) is 9.55 Å². The van der Waals surface area contributed by atoms with Crippen LogP contribution in [0.3, 0.4) is 0 Å². The minimum absolute atomic E-state index is 0.232. The third kappa shape index (κ3) is 3.06. The van der Waals surface area contributed by atoms with Crippen molar-refractivity contribution in [3.05, 3.63) is 42.5 Å². The molecule has 1 N–H and O–H groups in total. The van der Waals surface area contributed by atoms with Crippen molar-refractivity contribution in [3.8, 4) is 0 Å². The lowest BCUT2D eigenvalue weighted by Gasteiger charge is -2.09. The molecule has 2 rings (SSSR count). The van der Waals surface area contributed by atoms with Gasteiger partial charge in [-0.05, 0) is 30.7 Å². The molecule has 0 radical (unpaired) electrons. The number of nitrogens with zero attached hydrogens (tertiary/aromatic N) is 2. The Kier molecular flexibility index (Phi) is 3.75. The van der Waals surface area contributed by atoms with E-state index in [4.69, 9.17) is 0 Å². The largest absolute Gasteiger partial charge is 0.326 e. The number of nitrogens with one attached hydrogen (secondary N) is 1. The van der Waals surface area contributed by atoms with Crippen molar-refractivity contribution < 1.29 is 4.39 Å². The second-order valence-electron chi connectivity index (χ2n) is 3.93. The summed E-state index contributed by atoms with van der Waals surface area (Å²) in [6.07, 6.45) is 5.98. The number of rotatable bonds is 5. The van der Waals surface area contributed by atoms with Crippen molar-refractivity contribution in [2.75, 3.05) is 5.32 Å². The van der Waals surface area contributed by atoms with Gasteiger partial charge in [0.15, 0.2) is 0 Å². The Morgan fingerprint density at radius 3 is 2.76 bits per heavy atom. The maximum Gasteiger partial charge on any atom is 0.207 e. The number of benzene rings is 1.